The van der Waals surface area contributed by atoms with Gasteiger partial charge in [-0.1, -0.05) is 72.7 Å². The average Bonchev–Trinajstić information content (AvgIpc) is 2.59. The van der Waals surface area contributed by atoms with E-state index >= 15 is 0 Å². The van der Waals surface area contributed by atoms with Crippen molar-refractivity contribution < 1.29 is 9.53 Å². The molecule has 1 fully saturated rings. The Balaban J connectivity index is 2.36. The van der Waals surface area contributed by atoms with Crippen LogP contribution in [0.15, 0.2) is 24.3 Å². The molecule has 1 aliphatic rings. The molecule has 0 amide bonds. The average molecular weight is 378 g/mol. The van der Waals surface area contributed by atoms with Gasteiger partial charge in [0, 0.05) is 19.0 Å². The van der Waals surface area contributed by atoms with E-state index in [9.17, 15) is 5.11 Å². The smallest absolute Gasteiger partial charge is 0.200 e. The summed E-state index contributed by atoms with van der Waals surface area (Å²) in [4.78, 5) is 0. The van der Waals surface area contributed by atoms with Crippen molar-refractivity contribution in [3.63, 3.8) is 0 Å². The lowest BCUT2D eigenvalue weighted by atomic mass is 9.85. The van der Waals surface area contributed by atoms with Crippen molar-refractivity contribution in [1.82, 2.24) is 5.32 Å². The predicted octanol–water partition coefficient (Wildman–Crippen LogP) is 4.86. The quantitative estimate of drug-likeness (QED) is 0.667. The molecule has 1 aromatic rings. The van der Waals surface area contributed by atoms with E-state index in [0.717, 1.165) is 13.0 Å². The zero-order valence-corrected chi connectivity index (χ0v) is 18.8. The number of piperidine rings is 1. The van der Waals surface area contributed by atoms with Gasteiger partial charge in [-0.3, -0.25) is 0 Å². The van der Waals surface area contributed by atoms with E-state index in [1.807, 2.05) is 0 Å². The Labute approximate surface area is 161 Å². The number of hydrogen-bond acceptors (Lipinski definition) is 3. The van der Waals surface area contributed by atoms with E-state index in [1.165, 1.54) is 11.1 Å². The van der Waals surface area contributed by atoms with Crippen molar-refractivity contribution in [2.45, 2.75) is 89.6 Å². The van der Waals surface area contributed by atoms with Gasteiger partial charge in [-0.05, 0) is 34.2 Å². The Morgan fingerprint density at radius 2 is 1.54 bits per heavy atom. The Hall–Kier alpha value is -0.683. The first-order valence-electron chi connectivity index (χ1n) is 10.4. The third-order valence-electron chi connectivity index (χ3n) is 6.35. The van der Waals surface area contributed by atoms with Gasteiger partial charge in [0.1, 0.15) is 0 Å². The molecule has 1 aliphatic heterocycles. The molecule has 0 spiro atoms. The Kier molecular flexibility index (Phi) is 7.49. The van der Waals surface area contributed by atoms with Crippen LogP contribution < -0.4 is 5.32 Å². The zero-order valence-electron chi connectivity index (χ0n) is 17.8. The highest BCUT2D eigenvalue weighted by molar-refractivity contribution is 6.77. The van der Waals surface area contributed by atoms with Crippen molar-refractivity contribution in [2.75, 3.05) is 13.1 Å². The van der Waals surface area contributed by atoms with Crippen LogP contribution in [0.4, 0.5) is 0 Å². The van der Waals surface area contributed by atoms with Crippen LogP contribution in [-0.4, -0.2) is 38.7 Å². The maximum Gasteiger partial charge on any atom is 0.200 e. The van der Waals surface area contributed by atoms with Gasteiger partial charge in [0.25, 0.3) is 0 Å². The highest BCUT2D eigenvalue weighted by Crippen LogP contribution is 2.45. The normalized spacial score (nSPS) is 24.7. The summed E-state index contributed by atoms with van der Waals surface area (Å²) < 4.78 is 7.07. The summed E-state index contributed by atoms with van der Waals surface area (Å²) in [5, 5.41) is 14.2. The molecule has 0 bridgehead atoms. The van der Waals surface area contributed by atoms with Gasteiger partial charge in [-0.15, -0.1) is 0 Å². The number of aliphatic hydroxyl groups excluding tert-OH is 1. The highest BCUT2D eigenvalue weighted by Gasteiger charge is 2.49. The molecule has 3 atom stereocenters. The Morgan fingerprint density at radius 1 is 1.00 bits per heavy atom. The van der Waals surface area contributed by atoms with E-state index in [4.69, 9.17) is 4.43 Å². The van der Waals surface area contributed by atoms with Gasteiger partial charge in [-0.25, -0.2) is 0 Å². The number of hydrogen-bond donors (Lipinski definition) is 2. The fourth-order valence-electron chi connectivity index (χ4n) is 5.07. The first-order valence-corrected chi connectivity index (χ1v) is 12.5. The third-order valence-corrected chi connectivity index (χ3v) is 12.5. The van der Waals surface area contributed by atoms with Crippen LogP contribution in [0.5, 0.6) is 0 Å². The fourth-order valence-corrected chi connectivity index (χ4v) is 10.6. The van der Waals surface area contributed by atoms with Crippen LogP contribution in [-0.2, 0) is 10.8 Å². The SMILES string of the molecule is CCc1ccc(C2C(O)CNC[C@H]2O[Si](C(C)C)(C(C)C)C(C)C)cc1. The molecule has 0 saturated carbocycles. The predicted molar refractivity (Wildman–Crippen MR) is 113 cm³/mol. The molecule has 2 unspecified atom stereocenters. The summed E-state index contributed by atoms with van der Waals surface area (Å²) >= 11 is 0. The van der Waals surface area contributed by atoms with Crippen LogP contribution in [0.3, 0.4) is 0 Å². The zero-order chi connectivity index (χ0) is 19.5. The second-order valence-corrected chi connectivity index (χ2v) is 14.2. The van der Waals surface area contributed by atoms with Crippen molar-refractivity contribution >= 4 is 8.32 Å². The molecule has 1 aromatic carbocycles. The van der Waals surface area contributed by atoms with Crippen molar-refractivity contribution in [3.05, 3.63) is 35.4 Å². The van der Waals surface area contributed by atoms with E-state index in [-0.39, 0.29) is 12.0 Å². The van der Waals surface area contributed by atoms with Crippen molar-refractivity contribution in [1.29, 1.82) is 0 Å². The molecule has 148 valence electrons. The molecule has 2 rings (SSSR count). The van der Waals surface area contributed by atoms with Gasteiger partial charge in [0.05, 0.1) is 12.2 Å². The Bertz CT molecular complexity index is 534. The van der Waals surface area contributed by atoms with Gasteiger partial charge >= 0.3 is 0 Å². The standard InChI is InChI=1S/C22H39NO2Si/c1-8-18-9-11-19(12-10-18)22-20(24)13-23-14-21(22)25-26(15(2)3,16(4)5)17(6)7/h9-12,15-17,20-24H,8,13-14H2,1-7H3/t20?,21-,22?/m1/s1. The molecule has 0 radical (unpaired) electrons. The van der Waals surface area contributed by atoms with E-state index in [2.05, 4.69) is 78.0 Å². The number of rotatable bonds is 7. The lowest BCUT2D eigenvalue weighted by molar-refractivity contribution is 0.0304. The minimum Gasteiger partial charge on any atom is -0.411 e. The van der Waals surface area contributed by atoms with Crippen LogP contribution in [0.25, 0.3) is 0 Å². The summed E-state index contributed by atoms with van der Waals surface area (Å²) in [6.45, 7) is 17.6. The topological polar surface area (TPSA) is 41.5 Å². The number of benzene rings is 1. The minimum atomic E-state index is -1.99. The molecular formula is C22H39NO2Si. The van der Waals surface area contributed by atoms with Crippen LogP contribution in [0.1, 0.15) is 65.5 Å². The summed E-state index contributed by atoms with van der Waals surface area (Å²) in [5.74, 6) is 0.0466. The maximum atomic E-state index is 10.8. The molecular weight excluding hydrogens is 338 g/mol. The molecule has 1 saturated heterocycles. The van der Waals surface area contributed by atoms with Gasteiger partial charge < -0.3 is 14.8 Å². The highest BCUT2D eigenvalue weighted by atomic mass is 28.4. The fraction of sp³-hybridized carbons (Fsp3) is 0.727. The summed E-state index contributed by atoms with van der Waals surface area (Å²) in [6, 6.07) is 8.77. The summed E-state index contributed by atoms with van der Waals surface area (Å²) in [6.07, 6.45) is 0.670. The largest absolute Gasteiger partial charge is 0.411 e. The maximum absolute atomic E-state index is 10.8. The lowest BCUT2D eigenvalue weighted by Gasteiger charge is -2.48. The van der Waals surface area contributed by atoms with Crippen molar-refractivity contribution in [3.8, 4) is 0 Å². The first kappa shape index (κ1) is 21.6. The Morgan fingerprint density at radius 3 is 2.00 bits per heavy atom. The van der Waals surface area contributed by atoms with Crippen LogP contribution in [0.2, 0.25) is 16.6 Å². The second-order valence-electron chi connectivity index (χ2n) is 8.82. The van der Waals surface area contributed by atoms with Crippen LogP contribution >= 0.6 is 0 Å². The summed E-state index contributed by atoms with van der Waals surface area (Å²) in [7, 11) is -1.99. The first-order chi connectivity index (χ1) is 12.2. The summed E-state index contributed by atoms with van der Waals surface area (Å²) in [5.41, 5.74) is 4.18. The molecule has 26 heavy (non-hydrogen) atoms. The van der Waals surface area contributed by atoms with Gasteiger partial charge in [0.2, 0.25) is 8.32 Å². The number of β-amino-alcohol motifs (C(OH)–C–C–N with tert-alkyl or cyclic N) is 1. The molecule has 1 heterocycles. The van der Waals surface area contributed by atoms with E-state index in [1.54, 1.807) is 0 Å². The second kappa shape index (κ2) is 9.00. The number of aryl methyl sites for hydroxylation is 1. The molecule has 3 nitrogen and oxygen atoms in total. The third kappa shape index (κ3) is 4.24. The van der Waals surface area contributed by atoms with Crippen LogP contribution in [0, 0.1) is 0 Å². The number of aliphatic hydroxyl groups is 1. The van der Waals surface area contributed by atoms with Gasteiger partial charge in [0.15, 0.2) is 0 Å². The van der Waals surface area contributed by atoms with E-state index in [0.29, 0.717) is 23.2 Å². The van der Waals surface area contributed by atoms with Gasteiger partial charge in [-0.2, -0.15) is 0 Å². The molecule has 4 heteroatoms. The number of nitrogens with one attached hydrogen (secondary N) is 1. The van der Waals surface area contributed by atoms with E-state index < -0.39 is 14.4 Å². The monoisotopic (exact) mass is 377 g/mol. The minimum absolute atomic E-state index is 0.0325. The molecule has 2 N–H and O–H groups in total. The molecule has 0 aromatic heterocycles. The lowest BCUT2D eigenvalue weighted by Crippen LogP contribution is -2.57. The molecule has 0 aliphatic carbocycles. The van der Waals surface area contributed by atoms with Crippen molar-refractivity contribution in [2.24, 2.45) is 0 Å².